The van der Waals surface area contributed by atoms with Crippen LogP contribution in [0.15, 0.2) is 78.8 Å². The fourth-order valence-electron chi connectivity index (χ4n) is 6.91. The fraction of sp³-hybridized carbons (Fsp3) is 0.488. The van der Waals surface area contributed by atoms with Crippen molar-refractivity contribution in [1.82, 2.24) is 16.0 Å². The molecule has 2 aliphatic rings. The van der Waals surface area contributed by atoms with Crippen molar-refractivity contribution in [3.05, 3.63) is 89.9 Å². The molecule has 2 atom stereocenters. The number of carbonyl (C=O) groups excluding carboxylic acids is 2. The van der Waals surface area contributed by atoms with Crippen LogP contribution in [0.2, 0.25) is 0 Å². The van der Waals surface area contributed by atoms with Crippen LogP contribution in [0.1, 0.15) is 56.6 Å². The Labute approximate surface area is 303 Å². The summed E-state index contributed by atoms with van der Waals surface area (Å²) >= 11 is 0. The highest BCUT2D eigenvalue weighted by atomic mass is 16.5. The molecule has 3 heterocycles. The lowest BCUT2D eigenvalue weighted by Crippen LogP contribution is -2.37. The van der Waals surface area contributed by atoms with Gasteiger partial charge in [-0.15, -0.1) is 0 Å². The van der Waals surface area contributed by atoms with E-state index in [4.69, 9.17) is 14.2 Å². The van der Waals surface area contributed by atoms with Crippen LogP contribution >= 0.6 is 0 Å². The first-order valence-corrected chi connectivity index (χ1v) is 18.5. The Bertz CT molecular complexity index is 1640. The smallest absolute Gasteiger partial charge is 0.240 e. The van der Waals surface area contributed by atoms with Crippen LogP contribution in [0.3, 0.4) is 0 Å². The molecule has 3 N–H and O–H groups in total. The second-order valence-electron chi connectivity index (χ2n) is 13.6. The Morgan fingerprint density at radius 3 is 2.33 bits per heavy atom. The van der Waals surface area contributed by atoms with Gasteiger partial charge in [0.1, 0.15) is 13.6 Å². The van der Waals surface area contributed by atoms with E-state index in [0.717, 1.165) is 66.7 Å². The van der Waals surface area contributed by atoms with Crippen molar-refractivity contribution < 1.29 is 28.4 Å². The number of anilines is 1. The van der Waals surface area contributed by atoms with Crippen LogP contribution in [0, 0.1) is 5.92 Å². The van der Waals surface area contributed by atoms with Crippen molar-refractivity contribution in [3.63, 3.8) is 0 Å². The molecule has 2 aliphatic heterocycles. The van der Waals surface area contributed by atoms with E-state index >= 15 is 0 Å². The predicted molar refractivity (Wildman–Crippen MR) is 202 cm³/mol. The van der Waals surface area contributed by atoms with Gasteiger partial charge in [-0.2, -0.15) is 0 Å². The Kier molecular flexibility index (Phi) is 14.9. The number of rotatable bonds is 21. The van der Waals surface area contributed by atoms with Crippen LogP contribution in [0.4, 0.5) is 5.69 Å². The molecule has 0 spiro atoms. The molecule has 5 rings (SSSR count). The number of carbonyl (C=O) groups is 2. The molecular formula is C41H56N5O5+. The summed E-state index contributed by atoms with van der Waals surface area (Å²) in [6, 6.07) is 19.3. The number of nitrogens with one attached hydrogen (secondary N) is 3. The Balaban J connectivity index is 0.882. The van der Waals surface area contributed by atoms with E-state index < -0.39 is 0 Å². The highest BCUT2D eigenvalue weighted by molar-refractivity contribution is 5.89. The zero-order chi connectivity index (χ0) is 35.8. The SMILES string of the molecule is C=C1CC(C)C(CCCCCC(=O)NCCOCCOCCOCCNC(=O)CN2C(=Cc3cc[n+](C)c4ccccc34)Cc3ccccc32)N1. The van der Waals surface area contributed by atoms with E-state index in [1.165, 1.54) is 10.9 Å². The number of hydrogen-bond acceptors (Lipinski definition) is 7. The van der Waals surface area contributed by atoms with Crippen LogP contribution in [-0.2, 0) is 37.3 Å². The van der Waals surface area contributed by atoms with Gasteiger partial charge in [-0.05, 0) is 54.5 Å². The van der Waals surface area contributed by atoms with Gasteiger partial charge >= 0.3 is 0 Å². The predicted octanol–water partition coefficient (Wildman–Crippen LogP) is 4.81. The first-order chi connectivity index (χ1) is 24.9. The molecule has 1 aromatic heterocycles. The minimum atomic E-state index is -0.0516. The number of para-hydroxylation sites is 2. The van der Waals surface area contributed by atoms with Crippen molar-refractivity contribution in [1.29, 1.82) is 0 Å². The molecule has 51 heavy (non-hydrogen) atoms. The van der Waals surface area contributed by atoms with Gasteiger partial charge in [0.2, 0.25) is 17.3 Å². The molecule has 2 amide bonds. The summed E-state index contributed by atoms with van der Waals surface area (Å²) in [6.07, 6.45) is 10.9. The Morgan fingerprint density at radius 2 is 1.59 bits per heavy atom. The number of hydrogen-bond donors (Lipinski definition) is 3. The third kappa shape index (κ3) is 11.6. The van der Waals surface area contributed by atoms with E-state index in [-0.39, 0.29) is 18.4 Å². The van der Waals surface area contributed by atoms with Crippen LogP contribution in [0.5, 0.6) is 0 Å². The summed E-state index contributed by atoms with van der Waals surface area (Å²) in [7, 11) is 2.05. The standard InChI is InChI=1S/C41H55N5O5/c1-31-27-32(2)44-37(31)13-5-4-6-16-40(47)42-18-21-49-23-25-51-26-24-50-22-19-43-41(48)30-46-35(29-34-11-7-9-14-38(34)46)28-33-17-20-45(3)39-15-10-8-12-36(33)39/h7-12,14-15,17,20,28,31,37,44H,2,4-6,13,16,18-19,21-27,29-30H2,1,3H3,(H-,42,43,47,48)/p+1. The maximum absolute atomic E-state index is 13.0. The van der Waals surface area contributed by atoms with Gasteiger partial charge in [-0.25, -0.2) is 4.57 Å². The van der Waals surface area contributed by atoms with Crippen LogP contribution in [-0.4, -0.2) is 77.1 Å². The lowest BCUT2D eigenvalue weighted by atomic mass is 9.97. The molecule has 2 aromatic carbocycles. The fourth-order valence-corrected chi connectivity index (χ4v) is 6.91. The number of amides is 2. The molecule has 0 saturated carbocycles. The van der Waals surface area contributed by atoms with Gasteiger partial charge in [-0.3, -0.25) is 9.59 Å². The molecule has 3 aromatic rings. The number of nitrogens with zero attached hydrogens (tertiary/aromatic N) is 2. The van der Waals surface area contributed by atoms with Crippen LogP contribution in [0.25, 0.3) is 17.0 Å². The quantitative estimate of drug-likeness (QED) is 0.108. The average molecular weight is 699 g/mol. The summed E-state index contributed by atoms with van der Waals surface area (Å²) in [4.78, 5) is 27.2. The molecular weight excluding hydrogens is 642 g/mol. The van der Waals surface area contributed by atoms with E-state index in [1.54, 1.807) is 0 Å². The van der Waals surface area contributed by atoms with Crippen molar-refractivity contribution in [3.8, 4) is 0 Å². The maximum Gasteiger partial charge on any atom is 0.240 e. The van der Waals surface area contributed by atoms with Crippen molar-refractivity contribution >= 4 is 34.5 Å². The number of aryl methyl sites for hydroxylation is 1. The Morgan fingerprint density at radius 1 is 0.902 bits per heavy atom. The van der Waals surface area contributed by atoms with Gasteiger partial charge in [0, 0.05) is 61.2 Å². The third-order valence-electron chi connectivity index (χ3n) is 9.64. The van der Waals surface area contributed by atoms with Gasteiger partial charge in [0.25, 0.3) is 0 Å². The lowest BCUT2D eigenvalue weighted by Gasteiger charge is -2.21. The van der Waals surface area contributed by atoms with Gasteiger partial charge in [0.05, 0.1) is 45.0 Å². The number of pyridine rings is 1. The molecule has 1 fully saturated rings. The van der Waals surface area contributed by atoms with E-state index in [2.05, 4.69) is 101 Å². The number of ether oxygens (including phenoxy) is 3. The summed E-state index contributed by atoms with van der Waals surface area (Å²) in [6.45, 7) is 10.1. The minimum absolute atomic E-state index is 0.0516. The molecule has 2 unspecified atom stereocenters. The topological polar surface area (TPSA) is 105 Å². The van der Waals surface area contributed by atoms with E-state index in [0.29, 0.717) is 71.1 Å². The van der Waals surface area contributed by atoms with Crippen LogP contribution < -0.4 is 25.4 Å². The van der Waals surface area contributed by atoms with Gasteiger partial charge in [0.15, 0.2) is 6.20 Å². The molecule has 1 saturated heterocycles. The summed E-state index contributed by atoms with van der Waals surface area (Å²) in [5, 5.41) is 10.6. The number of fused-ring (bicyclic) bond motifs is 2. The molecule has 10 nitrogen and oxygen atoms in total. The number of aromatic nitrogens is 1. The number of benzene rings is 2. The monoisotopic (exact) mass is 698 g/mol. The lowest BCUT2D eigenvalue weighted by molar-refractivity contribution is -0.644. The largest absolute Gasteiger partial charge is 0.386 e. The van der Waals surface area contributed by atoms with Crippen molar-refractivity contribution in [2.45, 2.75) is 57.9 Å². The normalized spacial score (nSPS) is 17.6. The molecule has 10 heteroatoms. The van der Waals surface area contributed by atoms with Crippen molar-refractivity contribution in [2.24, 2.45) is 13.0 Å². The zero-order valence-electron chi connectivity index (χ0n) is 30.5. The first-order valence-electron chi connectivity index (χ1n) is 18.5. The molecule has 0 aliphatic carbocycles. The first kappa shape index (κ1) is 38.0. The average Bonchev–Trinajstić information content (AvgIpc) is 3.64. The third-order valence-corrected chi connectivity index (χ3v) is 9.64. The van der Waals surface area contributed by atoms with E-state index in [9.17, 15) is 9.59 Å². The van der Waals surface area contributed by atoms with E-state index in [1.807, 2.05) is 12.1 Å². The molecule has 0 bridgehead atoms. The highest BCUT2D eigenvalue weighted by Gasteiger charge is 2.26. The second-order valence-corrected chi connectivity index (χ2v) is 13.6. The number of unbranched alkanes of at least 4 members (excludes halogenated alkanes) is 2. The van der Waals surface area contributed by atoms with Gasteiger partial charge < -0.3 is 35.1 Å². The zero-order valence-corrected chi connectivity index (χ0v) is 30.5. The highest BCUT2D eigenvalue weighted by Crippen LogP contribution is 2.35. The summed E-state index contributed by atoms with van der Waals surface area (Å²) in [5.41, 5.74) is 6.84. The van der Waals surface area contributed by atoms with Crippen molar-refractivity contribution in [2.75, 3.05) is 64.2 Å². The molecule has 0 radical (unpaired) electrons. The minimum Gasteiger partial charge on any atom is -0.386 e. The van der Waals surface area contributed by atoms with Gasteiger partial charge in [-0.1, -0.05) is 56.7 Å². The second kappa shape index (κ2) is 20.0. The maximum atomic E-state index is 13.0. The summed E-state index contributed by atoms with van der Waals surface area (Å²) in [5.74, 6) is 0.683. The number of allylic oxidation sites excluding steroid dienone is 2. The Hall–Kier alpha value is -4.25. The summed E-state index contributed by atoms with van der Waals surface area (Å²) < 4.78 is 18.9. The molecule has 274 valence electrons.